The van der Waals surface area contributed by atoms with Crippen LogP contribution in [0.4, 0.5) is 5.69 Å². The van der Waals surface area contributed by atoms with E-state index in [0.717, 1.165) is 0 Å². The Morgan fingerprint density at radius 1 is 1.00 bits per heavy atom. The lowest BCUT2D eigenvalue weighted by Gasteiger charge is -2.14. The first-order valence-corrected chi connectivity index (χ1v) is 10.2. The third-order valence-electron chi connectivity index (χ3n) is 5.01. The van der Waals surface area contributed by atoms with Crippen molar-refractivity contribution in [3.63, 3.8) is 0 Å². The van der Waals surface area contributed by atoms with Crippen LogP contribution in [0, 0.1) is 0 Å². The number of amides is 1. The van der Waals surface area contributed by atoms with Gasteiger partial charge in [-0.05, 0) is 42.5 Å². The van der Waals surface area contributed by atoms with Gasteiger partial charge in [0.15, 0.2) is 5.78 Å². The lowest BCUT2D eigenvalue weighted by atomic mass is 10.0. The second kappa shape index (κ2) is 9.08. The van der Waals surface area contributed by atoms with Crippen molar-refractivity contribution in [1.29, 1.82) is 0 Å². The number of ether oxygens (including phenoxy) is 1. The summed E-state index contributed by atoms with van der Waals surface area (Å²) in [5, 5.41) is 3.65. The maximum Gasteiger partial charge on any atom is 0.244 e. The van der Waals surface area contributed by atoms with E-state index in [-0.39, 0.29) is 18.0 Å². The molecule has 1 aromatic heterocycles. The monoisotopic (exact) mass is 446 g/mol. The number of ketones is 1. The van der Waals surface area contributed by atoms with Gasteiger partial charge in [-0.25, -0.2) is 0 Å². The van der Waals surface area contributed by atoms with Crippen LogP contribution in [0.3, 0.4) is 0 Å². The van der Waals surface area contributed by atoms with Crippen molar-refractivity contribution in [2.24, 2.45) is 0 Å². The minimum atomic E-state index is -0.415. The van der Waals surface area contributed by atoms with Gasteiger partial charge in [-0.15, -0.1) is 0 Å². The molecule has 3 aromatic carbocycles. The summed E-state index contributed by atoms with van der Waals surface area (Å²) in [6, 6.07) is 20.3. The standard InChI is InChI=1S/C25H19ClN2O4/c1-32-19-11-12-22-20(13-19)25(31)21(24(30)16-5-3-2-4-6-16)14-28(22)15-23(29)27-18-9-7-17(26)8-10-18/h2-14H,15H2,1H3,(H,27,29). The van der Waals surface area contributed by atoms with Crippen LogP contribution in [0.15, 0.2) is 83.8 Å². The minimum absolute atomic E-state index is 0.0174. The maximum absolute atomic E-state index is 13.2. The molecule has 160 valence electrons. The highest BCUT2D eigenvalue weighted by Crippen LogP contribution is 2.21. The molecule has 0 atom stereocenters. The van der Waals surface area contributed by atoms with Crippen LogP contribution < -0.4 is 15.5 Å². The summed E-state index contributed by atoms with van der Waals surface area (Å²) in [4.78, 5) is 39.0. The molecule has 0 fully saturated rings. The van der Waals surface area contributed by atoms with E-state index in [4.69, 9.17) is 16.3 Å². The molecule has 0 saturated carbocycles. The number of pyridine rings is 1. The molecule has 0 radical (unpaired) electrons. The number of methoxy groups -OCH3 is 1. The molecule has 4 aromatic rings. The number of carbonyl (C=O) groups excluding carboxylic acids is 2. The van der Waals surface area contributed by atoms with Gasteiger partial charge in [0, 0.05) is 22.5 Å². The smallest absolute Gasteiger partial charge is 0.244 e. The predicted molar refractivity (Wildman–Crippen MR) is 125 cm³/mol. The molecule has 0 spiro atoms. The van der Waals surface area contributed by atoms with Crippen LogP contribution in [-0.4, -0.2) is 23.4 Å². The SMILES string of the molecule is COc1ccc2c(c1)c(=O)c(C(=O)c1ccccc1)cn2CC(=O)Nc1ccc(Cl)cc1. The normalized spacial score (nSPS) is 10.7. The zero-order valence-corrected chi connectivity index (χ0v) is 17.9. The highest BCUT2D eigenvalue weighted by Gasteiger charge is 2.18. The molecule has 1 N–H and O–H groups in total. The topological polar surface area (TPSA) is 77.4 Å². The number of hydrogen-bond acceptors (Lipinski definition) is 4. The van der Waals surface area contributed by atoms with E-state index in [1.807, 2.05) is 0 Å². The Labute approximate surface area is 189 Å². The molecule has 6 nitrogen and oxygen atoms in total. The molecule has 0 unspecified atom stereocenters. The van der Waals surface area contributed by atoms with Crippen molar-refractivity contribution in [3.05, 3.63) is 105 Å². The summed E-state index contributed by atoms with van der Waals surface area (Å²) >= 11 is 5.89. The second-order valence-electron chi connectivity index (χ2n) is 7.13. The van der Waals surface area contributed by atoms with Gasteiger partial charge in [0.1, 0.15) is 12.3 Å². The van der Waals surface area contributed by atoms with Crippen molar-refractivity contribution in [1.82, 2.24) is 4.57 Å². The third-order valence-corrected chi connectivity index (χ3v) is 5.26. The number of carbonyl (C=O) groups is 2. The first-order chi connectivity index (χ1) is 15.5. The average molecular weight is 447 g/mol. The number of halogens is 1. The molecule has 0 aliphatic rings. The molecule has 4 rings (SSSR count). The van der Waals surface area contributed by atoms with Gasteiger partial charge < -0.3 is 14.6 Å². The van der Waals surface area contributed by atoms with Crippen molar-refractivity contribution in [2.75, 3.05) is 12.4 Å². The number of anilines is 1. The lowest BCUT2D eigenvalue weighted by Crippen LogP contribution is -2.24. The van der Waals surface area contributed by atoms with Gasteiger partial charge >= 0.3 is 0 Å². The molecule has 0 bridgehead atoms. The molecule has 7 heteroatoms. The number of hydrogen-bond donors (Lipinski definition) is 1. The van der Waals surface area contributed by atoms with Gasteiger partial charge in [-0.1, -0.05) is 41.9 Å². The summed E-state index contributed by atoms with van der Waals surface area (Å²) in [6.45, 7) is -0.0964. The van der Waals surface area contributed by atoms with Crippen LogP contribution in [-0.2, 0) is 11.3 Å². The highest BCUT2D eigenvalue weighted by atomic mass is 35.5. The minimum Gasteiger partial charge on any atom is -0.497 e. The molecule has 1 amide bonds. The Morgan fingerprint density at radius 2 is 1.72 bits per heavy atom. The average Bonchev–Trinajstić information content (AvgIpc) is 2.82. The molecule has 1 heterocycles. The highest BCUT2D eigenvalue weighted by molar-refractivity contribution is 6.30. The van der Waals surface area contributed by atoms with Crippen LogP contribution in [0.1, 0.15) is 15.9 Å². The Morgan fingerprint density at radius 3 is 2.41 bits per heavy atom. The molecular weight excluding hydrogens is 428 g/mol. The van der Waals surface area contributed by atoms with Gasteiger partial charge in [0.05, 0.1) is 23.6 Å². The quantitative estimate of drug-likeness (QED) is 0.441. The van der Waals surface area contributed by atoms with E-state index in [0.29, 0.717) is 32.9 Å². The Balaban J connectivity index is 1.77. The summed E-state index contributed by atoms with van der Waals surface area (Å²) in [5.74, 6) is -0.241. The van der Waals surface area contributed by atoms with Gasteiger partial charge in [-0.2, -0.15) is 0 Å². The molecule has 0 saturated heterocycles. The Bertz CT molecular complexity index is 1360. The fraction of sp³-hybridized carbons (Fsp3) is 0.0800. The van der Waals surface area contributed by atoms with Crippen LogP contribution >= 0.6 is 11.6 Å². The van der Waals surface area contributed by atoms with E-state index in [1.165, 1.54) is 13.3 Å². The van der Waals surface area contributed by atoms with E-state index < -0.39 is 11.2 Å². The van der Waals surface area contributed by atoms with Crippen molar-refractivity contribution >= 4 is 39.9 Å². The second-order valence-corrected chi connectivity index (χ2v) is 7.57. The lowest BCUT2D eigenvalue weighted by molar-refractivity contribution is -0.116. The summed E-state index contributed by atoms with van der Waals surface area (Å²) < 4.78 is 6.84. The number of rotatable bonds is 6. The van der Waals surface area contributed by atoms with Gasteiger partial charge in [0.25, 0.3) is 0 Å². The molecule has 32 heavy (non-hydrogen) atoms. The van der Waals surface area contributed by atoms with E-state index in [2.05, 4.69) is 5.32 Å². The first-order valence-electron chi connectivity index (χ1n) is 9.82. The number of nitrogens with zero attached hydrogens (tertiary/aromatic N) is 1. The predicted octanol–water partition coefficient (Wildman–Crippen LogP) is 4.53. The van der Waals surface area contributed by atoms with E-state index in [1.54, 1.807) is 77.4 Å². The van der Waals surface area contributed by atoms with Crippen molar-refractivity contribution in [2.45, 2.75) is 6.54 Å². The number of benzene rings is 3. The molecule has 0 aliphatic carbocycles. The summed E-state index contributed by atoms with van der Waals surface area (Å²) in [7, 11) is 1.50. The number of nitrogens with one attached hydrogen (secondary N) is 1. The van der Waals surface area contributed by atoms with Crippen molar-refractivity contribution in [3.8, 4) is 5.75 Å². The zero-order chi connectivity index (χ0) is 22.7. The number of aromatic nitrogens is 1. The summed E-state index contributed by atoms with van der Waals surface area (Å²) in [5.41, 5.74) is 1.07. The first kappa shape index (κ1) is 21.3. The van der Waals surface area contributed by atoms with E-state index in [9.17, 15) is 14.4 Å². The number of fused-ring (bicyclic) bond motifs is 1. The van der Waals surface area contributed by atoms with Crippen molar-refractivity contribution < 1.29 is 14.3 Å². The molecular formula is C25H19ClN2O4. The van der Waals surface area contributed by atoms with Crippen LogP contribution in [0.5, 0.6) is 5.75 Å². The summed E-state index contributed by atoms with van der Waals surface area (Å²) in [6.07, 6.45) is 1.44. The maximum atomic E-state index is 13.2. The van der Waals surface area contributed by atoms with Crippen LogP contribution in [0.25, 0.3) is 10.9 Å². The fourth-order valence-electron chi connectivity index (χ4n) is 3.43. The third kappa shape index (κ3) is 4.40. The van der Waals surface area contributed by atoms with Gasteiger partial charge in [0.2, 0.25) is 11.3 Å². The van der Waals surface area contributed by atoms with Crippen LogP contribution in [0.2, 0.25) is 5.02 Å². The molecule has 0 aliphatic heterocycles. The van der Waals surface area contributed by atoms with Gasteiger partial charge in [-0.3, -0.25) is 14.4 Å². The zero-order valence-electron chi connectivity index (χ0n) is 17.2. The largest absolute Gasteiger partial charge is 0.497 e. The van der Waals surface area contributed by atoms with E-state index >= 15 is 0 Å². The fourth-order valence-corrected chi connectivity index (χ4v) is 3.56. The Kier molecular flexibility index (Phi) is 6.05. The Hall–Kier alpha value is -3.90.